The van der Waals surface area contributed by atoms with Crippen LogP contribution in [0, 0.1) is 0 Å². The molecule has 2 rings (SSSR count). The molecule has 1 unspecified atom stereocenters. The van der Waals surface area contributed by atoms with Gasteiger partial charge in [-0.2, -0.15) is 0 Å². The van der Waals surface area contributed by atoms with Crippen molar-refractivity contribution in [3.63, 3.8) is 0 Å². The number of nitrogens with zero attached hydrogens (tertiary/aromatic N) is 3. The predicted octanol–water partition coefficient (Wildman–Crippen LogP) is 1.40. The molecule has 1 aromatic carbocycles. The lowest BCUT2D eigenvalue weighted by Gasteiger charge is -2.28. The van der Waals surface area contributed by atoms with Crippen LogP contribution in [0.3, 0.4) is 0 Å². The zero-order valence-electron chi connectivity index (χ0n) is 17.1. The van der Waals surface area contributed by atoms with Gasteiger partial charge in [0.1, 0.15) is 11.6 Å². The number of hydrogen-bond donors (Lipinski definition) is 1. The second kappa shape index (κ2) is 8.34. The quantitative estimate of drug-likeness (QED) is 0.808. The first-order valence-electron chi connectivity index (χ1n) is 8.97. The molecule has 29 heavy (non-hydrogen) atoms. The minimum Gasteiger partial charge on any atom is -0.480 e. The Hall–Kier alpha value is -3.36. The number of ether oxygens (including phenoxy) is 1. The lowest BCUT2D eigenvalue weighted by atomic mass is 10.0. The Labute approximate surface area is 167 Å². The predicted molar refractivity (Wildman–Crippen MR) is 106 cm³/mol. The summed E-state index contributed by atoms with van der Waals surface area (Å²) in [5, 5.41) is 9.55. The van der Waals surface area contributed by atoms with E-state index >= 15 is 0 Å². The van der Waals surface area contributed by atoms with Gasteiger partial charge in [-0.3, -0.25) is 9.69 Å². The number of carboxylic acids is 1. The Morgan fingerprint density at radius 3 is 2.24 bits per heavy atom. The number of aryl methyl sites for hydroxylation is 1. The summed E-state index contributed by atoms with van der Waals surface area (Å²) in [6, 6.07) is 6.50. The number of carbonyl (C=O) groups is 2. The number of amides is 1. The van der Waals surface area contributed by atoms with Gasteiger partial charge in [-0.25, -0.2) is 19.0 Å². The Balaban J connectivity index is 2.26. The van der Waals surface area contributed by atoms with E-state index in [9.17, 15) is 24.3 Å². The van der Waals surface area contributed by atoms with Gasteiger partial charge in [0, 0.05) is 32.8 Å². The third kappa shape index (κ3) is 5.34. The number of rotatable bonds is 5. The molecule has 0 saturated carbocycles. The van der Waals surface area contributed by atoms with Crippen molar-refractivity contribution in [1.29, 1.82) is 0 Å². The van der Waals surface area contributed by atoms with Crippen LogP contribution in [-0.2, 0) is 23.0 Å². The van der Waals surface area contributed by atoms with Gasteiger partial charge >= 0.3 is 17.8 Å². The number of aromatic nitrogens is 2. The van der Waals surface area contributed by atoms with Crippen molar-refractivity contribution in [2.45, 2.75) is 38.8 Å². The molecule has 1 atom stereocenters. The number of likely N-dealkylation sites (N-methyl/N-ethyl adjacent to an activating group) is 1. The van der Waals surface area contributed by atoms with Gasteiger partial charge in [0.25, 0.3) is 5.56 Å². The van der Waals surface area contributed by atoms with Crippen LogP contribution in [0.4, 0.5) is 4.79 Å². The highest BCUT2D eigenvalue weighted by molar-refractivity contribution is 5.80. The third-order valence-electron chi connectivity index (χ3n) is 4.21. The van der Waals surface area contributed by atoms with E-state index in [1.165, 1.54) is 30.9 Å². The van der Waals surface area contributed by atoms with E-state index < -0.39 is 35.0 Å². The molecular formula is C20H25N3O6. The van der Waals surface area contributed by atoms with Crippen molar-refractivity contribution in [2.24, 2.45) is 7.05 Å². The van der Waals surface area contributed by atoms with Crippen molar-refractivity contribution in [3.8, 4) is 5.69 Å². The van der Waals surface area contributed by atoms with E-state index in [1.54, 1.807) is 45.0 Å². The summed E-state index contributed by atoms with van der Waals surface area (Å²) in [6.07, 6.45) is 0.688. The molecule has 9 heteroatoms. The van der Waals surface area contributed by atoms with E-state index in [0.29, 0.717) is 11.3 Å². The van der Waals surface area contributed by atoms with E-state index in [-0.39, 0.29) is 6.42 Å². The van der Waals surface area contributed by atoms with Crippen LogP contribution in [-0.4, -0.2) is 49.9 Å². The summed E-state index contributed by atoms with van der Waals surface area (Å²) in [5.74, 6) is -1.17. The summed E-state index contributed by atoms with van der Waals surface area (Å²) in [7, 11) is 2.91. The molecule has 1 aromatic heterocycles. The van der Waals surface area contributed by atoms with E-state index in [0.717, 1.165) is 9.47 Å². The molecule has 0 fully saturated rings. The summed E-state index contributed by atoms with van der Waals surface area (Å²) < 4.78 is 7.53. The minimum atomic E-state index is -1.17. The highest BCUT2D eigenvalue weighted by Crippen LogP contribution is 2.15. The second-order valence-corrected chi connectivity index (χ2v) is 7.70. The zero-order valence-corrected chi connectivity index (χ0v) is 17.1. The van der Waals surface area contributed by atoms with Gasteiger partial charge < -0.3 is 14.4 Å². The van der Waals surface area contributed by atoms with E-state index in [2.05, 4.69) is 0 Å². The SMILES string of the molecule is CN(C(=O)OC(C)(C)C)C(Cc1ccc(-n2c(=O)ccn(C)c2=O)cc1)C(=O)O. The molecule has 1 N–H and O–H groups in total. The van der Waals surface area contributed by atoms with Crippen LogP contribution < -0.4 is 11.2 Å². The number of carbonyl (C=O) groups excluding carboxylic acids is 1. The largest absolute Gasteiger partial charge is 0.480 e. The van der Waals surface area contributed by atoms with Gasteiger partial charge in [-0.15, -0.1) is 0 Å². The Kier molecular flexibility index (Phi) is 6.31. The van der Waals surface area contributed by atoms with Crippen LogP contribution in [0.1, 0.15) is 26.3 Å². The molecule has 1 heterocycles. The van der Waals surface area contributed by atoms with E-state index in [1.807, 2.05) is 0 Å². The van der Waals surface area contributed by atoms with E-state index in [4.69, 9.17) is 4.74 Å². The summed E-state index contributed by atoms with van der Waals surface area (Å²) in [4.78, 5) is 49.2. The fourth-order valence-corrected chi connectivity index (χ4v) is 2.66. The number of hydrogen-bond acceptors (Lipinski definition) is 5. The lowest BCUT2D eigenvalue weighted by molar-refractivity contribution is -0.142. The Morgan fingerprint density at radius 1 is 1.14 bits per heavy atom. The van der Waals surface area contributed by atoms with Crippen molar-refractivity contribution in [3.05, 3.63) is 62.9 Å². The fraction of sp³-hybridized carbons (Fsp3) is 0.400. The van der Waals surface area contributed by atoms with Gasteiger partial charge in [0.2, 0.25) is 0 Å². The topological polar surface area (TPSA) is 111 Å². The van der Waals surface area contributed by atoms with Gasteiger partial charge in [-0.1, -0.05) is 12.1 Å². The Morgan fingerprint density at radius 2 is 1.72 bits per heavy atom. The van der Waals surface area contributed by atoms with Crippen LogP contribution in [0.5, 0.6) is 0 Å². The molecule has 0 aliphatic heterocycles. The molecular weight excluding hydrogens is 378 g/mol. The van der Waals surface area contributed by atoms with Crippen LogP contribution in [0.15, 0.2) is 46.1 Å². The van der Waals surface area contributed by atoms with Gasteiger partial charge in [0.05, 0.1) is 5.69 Å². The first-order chi connectivity index (χ1) is 13.4. The highest BCUT2D eigenvalue weighted by Gasteiger charge is 2.30. The fourth-order valence-electron chi connectivity index (χ4n) is 2.66. The summed E-state index contributed by atoms with van der Waals surface area (Å²) >= 11 is 0. The smallest absolute Gasteiger partial charge is 0.410 e. The molecule has 1 amide bonds. The molecule has 0 spiro atoms. The highest BCUT2D eigenvalue weighted by atomic mass is 16.6. The molecule has 0 bridgehead atoms. The molecule has 9 nitrogen and oxygen atoms in total. The molecule has 2 aromatic rings. The van der Waals surface area contributed by atoms with Crippen LogP contribution in [0.25, 0.3) is 5.69 Å². The van der Waals surface area contributed by atoms with Crippen molar-refractivity contribution in [2.75, 3.05) is 7.05 Å². The summed E-state index contributed by atoms with van der Waals surface area (Å²) in [5.41, 5.74) is -0.706. The van der Waals surface area contributed by atoms with Crippen molar-refractivity contribution >= 4 is 12.1 Å². The molecule has 0 aliphatic carbocycles. The maximum absolute atomic E-state index is 12.2. The van der Waals surface area contributed by atoms with Gasteiger partial charge in [-0.05, 0) is 38.5 Å². The number of carboxylic acid groups (broad SMARTS) is 1. The number of benzene rings is 1. The lowest BCUT2D eigenvalue weighted by Crippen LogP contribution is -2.46. The maximum Gasteiger partial charge on any atom is 0.410 e. The third-order valence-corrected chi connectivity index (χ3v) is 4.21. The van der Waals surface area contributed by atoms with Crippen molar-refractivity contribution < 1.29 is 19.4 Å². The molecule has 0 radical (unpaired) electrons. The average molecular weight is 403 g/mol. The average Bonchev–Trinajstić information content (AvgIpc) is 2.62. The normalized spacial score (nSPS) is 12.3. The number of aliphatic carboxylic acids is 1. The first-order valence-corrected chi connectivity index (χ1v) is 8.97. The molecule has 0 saturated heterocycles. The van der Waals surface area contributed by atoms with Crippen LogP contribution >= 0.6 is 0 Å². The summed E-state index contributed by atoms with van der Waals surface area (Å²) in [6.45, 7) is 5.09. The minimum absolute atomic E-state index is 0.0348. The monoisotopic (exact) mass is 403 g/mol. The van der Waals surface area contributed by atoms with Crippen molar-refractivity contribution in [1.82, 2.24) is 14.0 Å². The standard InChI is InChI=1S/C20H25N3O6/c1-20(2,3)29-19(28)22(5)15(17(25)26)12-13-6-8-14(9-7-13)23-16(24)10-11-21(4)18(23)27/h6-11,15H,12H2,1-5H3,(H,25,26). The maximum atomic E-state index is 12.2. The Bertz CT molecular complexity index is 1010. The molecule has 156 valence electrons. The second-order valence-electron chi connectivity index (χ2n) is 7.70. The zero-order chi connectivity index (χ0) is 21.9. The van der Waals surface area contributed by atoms with Crippen LogP contribution in [0.2, 0.25) is 0 Å². The van der Waals surface area contributed by atoms with Gasteiger partial charge in [0.15, 0.2) is 0 Å². The first kappa shape index (κ1) is 21.9. The molecule has 0 aliphatic rings.